The van der Waals surface area contributed by atoms with Gasteiger partial charge in [-0.15, -0.1) is 10.2 Å². The Balaban J connectivity index is -0.000000183. The molecule has 1 aromatic heterocycles. The van der Waals surface area contributed by atoms with Crippen LogP contribution >= 0.6 is 0 Å². The summed E-state index contributed by atoms with van der Waals surface area (Å²) in [6, 6.07) is 0. The lowest BCUT2D eigenvalue weighted by Gasteiger charge is -2.20. The summed E-state index contributed by atoms with van der Waals surface area (Å²) in [5.74, 6) is 4.60. The molecule has 110 valence electrons. The van der Waals surface area contributed by atoms with E-state index in [1.807, 2.05) is 13.8 Å². The van der Waals surface area contributed by atoms with Gasteiger partial charge >= 0.3 is 0 Å². The van der Waals surface area contributed by atoms with Crippen molar-refractivity contribution in [2.45, 2.75) is 40.5 Å². The number of likely N-dealkylation sites (tertiary alicyclic amines) is 1. The molecule has 1 fully saturated rings. The summed E-state index contributed by atoms with van der Waals surface area (Å²) in [6.07, 6.45) is 5.61. The lowest BCUT2D eigenvalue weighted by Crippen LogP contribution is -2.24. The first kappa shape index (κ1) is 22.2. The second-order valence-electron chi connectivity index (χ2n) is 3.21. The highest BCUT2D eigenvalue weighted by molar-refractivity contribution is 4.58. The standard InChI is InChI=1S/C6H13N.C2H6.CH2N4.CH6N2.CH4/c1-7-5-3-2-4-6-7;1-2;1-2-4-5-3-1;1-3-2;/h2-6H2,1H3;1-2H3;1H,(H,2,3,4,5);3H,2H2,1H3;1H4. The molecule has 0 saturated carbocycles. The van der Waals surface area contributed by atoms with Gasteiger partial charge in [0, 0.05) is 0 Å². The molecule has 0 spiro atoms. The molecular weight excluding hydrogens is 230 g/mol. The van der Waals surface area contributed by atoms with E-state index in [9.17, 15) is 0 Å². The summed E-state index contributed by atoms with van der Waals surface area (Å²) in [4.78, 5) is 2.39. The molecule has 18 heavy (non-hydrogen) atoms. The molecule has 0 unspecified atom stereocenters. The third kappa shape index (κ3) is 20.4. The van der Waals surface area contributed by atoms with Gasteiger partial charge in [0.05, 0.1) is 0 Å². The summed E-state index contributed by atoms with van der Waals surface area (Å²) >= 11 is 0. The van der Waals surface area contributed by atoms with E-state index in [4.69, 9.17) is 0 Å². The SMILES string of the molecule is C.CC.CN1CCCCC1.CNN.c1nn[nH]n1. The van der Waals surface area contributed by atoms with Gasteiger partial charge in [0.15, 0.2) is 6.33 Å². The lowest BCUT2D eigenvalue weighted by atomic mass is 10.1. The predicted octanol–water partition coefficient (Wildman–Crippen LogP) is 1.04. The third-order valence-corrected chi connectivity index (χ3v) is 1.85. The number of aromatic amines is 1. The summed E-state index contributed by atoms with van der Waals surface area (Å²) in [7, 11) is 3.85. The van der Waals surface area contributed by atoms with Crippen LogP contribution in [0.25, 0.3) is 0 Å². The van der Waals surface area contributed by atoms with Gasteiger partial charge in [-0.1, -0.05) is 32.9 Å². The van der Waals surface area contributed by atoms with E-state index < -0.39 is 0 Å². The minimum absolute atomic E-state index is 0. The number of nitrogens with one attached hydrogen (secondary N) is 2. The van der Waals surface area contributed by atoms with E-state index in [0.717, 1.165) is 0 Å². The maximum atomic E-state index is 4.60. The number of hydrogen-bond donors (Lipinski definition) is 3. The smallest absolute Gasteiger partial charge is 0.161 e. The molecule has 7 heteroatoms. The Morgan fingerprint density at radius 3 is 1.89 bits per heavy atom. The van der Waals surface area contributed by atoms with Crippen molar-refractivity contribution in [2.24, 2.45) is 5.84 Å². The molecule has 4 N–H and O–H groups in total. The highest BCUT2D eigenvalue weighted by Gasteiger charge is 2.02. The van der Waals surface area contributed by atoms with E-state index >= 15 is 0 Å². The van der Waals surface area contributed by atoms with Crippen LogP contribution in [0.15, 0.2) is 6.33 Å². The second-order valence-corrected chi connectivity index (χ2v) is 3.21. The van der Waals surface area contributed by atoms with Gasteiger partial charge in [-0.3, -0.25) is 11.3 Å². The number of piperidine rings is 1. The maximum absolute atomic E-state index is 4.60. The van der Waals surface area contributed by atoms with Crippen molar-refractivity contribution in [2.75, 3.05) is 27.2 Å². The van der Waals surface area contributed by atoms with Gasteiger partial charge in [-0.05, 0) is 40.0 Å². The number of H-pyrrole nitrogens is 1. The molecule has 1 aliphatic heterocycles. The largest absolute Gasteiger partial charge is 0.306 e. The number of tetrazole rings is 1. The number of rotatable bonds is 0. The first-order chi connectivity index (χ1) is 8.31. The van der Waals surface area contributed by atoms with Crippen molar-refractivity contribution in [1.82, 2.24) is 30.9 Å². The highest BCUT2D eigenvalue weighted by Crippen LogP contribution is 2.04. The number of hydrazine groups is 1. The van der Waals surface area contributed by atoms with Gasteiger partial charge in [-0.2, -0.15) is 5.21 Å². The van der Waals surface area contributed by atoms with Crippen molar-refractivity contribution >= 4 is 0 Å². The fourth-order valence-electron chi connectivity index (χ4n) is 1.18. The molecule has 0 bridgehead atoms. The average Bonchev–Trinajstić information content (AvgIpc) is 2.92. The van der Waals surface area contributed by atoms with E-state index in [0.29, 0.717) is 0 Å². The van der Waals surface area contributed by atoms with E-state index in [1.165, 1.54) is 38.7 Å². The van der Waals surface area contributed by atoms with Crippen molar-refractivity contribution in [3.63, 3.8) is 0 Å². The first-order valence-electron chi connectivity index (χ1n) is 6.03. The van der Waals surface area contributed by atoms with Crippen LogP contribution in [0.1, 0.15) is 40.5 Å². The Morgan fingerprint density at radius 2 is 1.72 bits per heavy atom. The number of nitrogens with two attached hydrogens (primary N) is 1. The van der Waals surface area contributed by atoms with Gasteiger partial charge in [0.1, 0.15) is 0 Å². The summed E-state index contributed by atoms with van der Waals surface area (Å²) in [6.45, 7) is 6.64. The van der Waals surface area contributed by atoms with Gasteiger partial charge < -0.3 is 4.90 Å². The fourth-order valence-corrected chi connectivity index (χ4v) is 1.18. The Kier molecular flexibility index (Phi) is 26.2. The first-order valence-corrected chi connectivity index (χ1v) is 6.03. The number of nitrogens with zero attached hydrogens (tertiary/aromatic N) is 4. The number of aromatic nitrogens is 4. The van der Waals surface area contributed by atoms with E-state index in [2.05, 4.69) is 43.8 Å². The van der Waals surface area contributed by atoms with Crippen molar-refractivity contribution in [3.8, 4) is 0 Å². The average molecular weight is 261 g/mol. The molecule has 2 rings (SSSR count). The quantitative estimate of drug-likeness (QED) is 0.477. The van der Waals surface area contributed by atoms with Crippen LogP contribution in [0, 0.1) is 0 Å². The molecule has 1 saturated heterocycles. The molecule has 2 heterocycles. The minimum Gasteiger partial charge on any atom is -0.306 e. The highest BCUT2D eigenvalue weighted by atomic mass is 15.5. The lowest BCUT2D eigenvalue weighted by molar-refractivity contribution is 0.277. The van der Waals surface area contributed by atoms with Crippen LogP contribution in [-0.2, 0) is 0 Å². The normalized spacial score (nSPS) is 13.4. The van der Waals surface area contributed by atoms with E-state index in [1.54, 1.807) is 7.05 Å². The summed E-state index contributed by atoms with van der Waals surface area (Å²) in [5, 5.41) is 12.2. The van der Waals surface area contributed by atoms with Gasteiger partial charge in [-0.25, -0.2) is 0 Å². The third-order valence-electron chi connectivity index (χ3n) is 1.85. The van der Waals surface area contributed by atoms with Gasteiger partial charge in [0.2, 0.25) is 0 Å². The van der Waals surface area contributed by atoms with Crippen LogP contribution in [-0.4, -0.2) is 52.7 Å². The van der Waals surface area contributed by atoms with Crippen LogP contribution < -0.4 is 11.3 Å². The molecule has 0 aliphatic carbocycles. The molecule has 0 amide bonds. The minimum atomic E-state index is 0. The zero-order valence-corrected chi connectivity index (χ0v) is 11.5. The molecule has 1 aliphatic rings. The molecule has 0 aromatic carbocycles. The molecule has 7 nitrogen and oxygen atoms in total. The summed E-state index contributed by atoms with van der Waals surface area (Å²) < 4.78 is 0. The van der Waals surface area contributed by atoms with Crippen LogP contribution in [0.2, 0.25) is 0 Å². The zero-order valence-electron chi connectivity index (χ0n) is 11.5. The molecule has 0 radical (unpaired) electrons. The monoisotopic (exact) mass is 261 g/mol. The van der Waals surface area contributed by atoms with Crippen molar-refractivity contribution < 1.29 is 0 Å². The number of hydrogen-bond acceptors (Lipinski definition) is 6. The molecule has 0 atom stereocenters. The van der Waals surface area contributed by atoms with Crippen LogP contribution in [0.5, 0.6) is 0 Å². The topological polar surface area (TPSA) is 95.7 Å². The maximum Gasteiger partial charge on any atom is 0.161 e. The Bertz CT molecular complexity index is 168. The second kappa shape index (κ2) is 21.3. The molecule has 1 aromatic rings. The Hall–Kier alpha value is -1.05. The van der Waals surface area contributed by atoms with Crippen LogP contribution in [0.3, 0.4) is 0 Å². The Morgan fingerprint density at radius 1 is 1.22 bits per heavy atom. The zero-order chi connectivity index (χ0) is 13.4. The summed E-state index contributed by atoms with van der Waals surface area (Å²) in [5.41, 5.74) is 2.25. The fraction of sp³-hybridized carbons (Fsp3) is 0.909. The molecular formula is C11H31N7. The predicted molar refractivity (Wildman–Crippen MR) is 76.9 cm³/mol. The van der Waals surface area contributed by atoms with Crippen molar-refractivity contribution in [1.29, 1.82) is 0 Å². The van der Waals surface area contributed by atoms with Gasteiger partial charge in [0.25, 0.3) is 0 Å². The Labute approximate surface area is 111 Å². The van der Waals surface area contributed by atoms with E-state index in [-0.39, 0.29) is 7.43 Å². The van der Waals surface area contributed by atoms with Crippen molar-refractivity contribution in [3.05, 3.63) is 6.33 Å². The van der Waals surface area contributed by atoms with Crippen LogP contribution in [0.4, 0.5) is 0 Å².